The van der Waals surface area contributed by atoms with Gasteiger partial charge in [0.15, 0.2) is 11.5 Å². The van der Waals surface area contributed by atoms with Crippen molar-refractivity contribution >= 4 is 10.9 Å². The van der Waals surface area contributed by atoms with Crippen LogP contribution in [-0.4, -0.2) is 22.4 Å². The van der Waals surface area contributed by atoms with Crippen molar-refractivity contribution in [1.82, 2.24) is 10.2 Å². The first kappa shape index (κ1) is 7.79. The van der Waals surface area contributed by atoms with Crippen molar-refractivity contribution in [3.05, 3.63) is 24.4 Å². The number of hydrogen-bond donors (Lipinski definition) is 1. The number of ether oxygens (including phenoxy) is 1. The van der Waals surface area contributed by atoms with E-state index >= 15 is 0 Å². The summed E-state index contributed by atoms with van der Waals surface area (Å²) in [5.41, 5.74) is 0.654. The molecule has 0 saturated heterocycles. The van der Waals surface area contributed by atoms with E-state index in [-0.39, 0.29) is 5.75 Å². The molecule has 0 radical (unpaired) electrons. The van der Waals surface area contributed by atoms with Crippen LogP contribution >= 0.6 is 0 Å². The number of aromatic nitrogens is 2. The van der Waals surface area contributed by atoms with E-state index in [1.807, 2.05) is 6.07 Å². The average Bonchev–Trinajstić information content (AvgIpc) is 2.17. The van der Waals surface area contributed by atoms with Crippen molar-refractivity contribution in [3.8, 4) is 11.5 Å². The quantitative estimate of drug-likeness (QED) is 0.712. The minimum atomic E-state index is 0.0792. The summed E-state index contributed by atoms with van der Waals surface area (Å²) in [4.78, 5) is 0. The van der Waals surface area contributed by atoms with Gasteiger partial charge >= 0.3 is 0 Å². The predicted octanol–water partition coefficient (Wildman–Crippen LogP) is 1.34. The first-order valence-corrected chi connectivity index (χ1v) is 3.79. The van der Waals surface area contributed by atoms with Crippen LogP contribution in [-0.2, 0) is 0 Å². The molecule has 0 fully saturated rings. The van der Waals surface area contributed by atoms with Crippen molar-refractivity contribution in [1.29, 1.82) is 0 Å². The fraction of sp³-hybridized carbons (Fsp3) is 0.111. The van der Waals surface area contributed by atoms with Crippen LogP contribution in [0.5, 0.6) is 11.5 Å². The normalized spacial score (nSPS) is 10.2. The zero-order valence-corrected chi connectivity index (χ0v) is 7.06. The molecule has 0 unspecified atom stereocenters. The van der Waals surface area contributed by atoms with Gasteiger partial charge < -0.3 is 9.84 Å². The molecule has 0 spiro atoms. The summed E-state index contributed by atoms with van der Waals surface area (Å²) >= 11 is 0. The summed E-state index contributed by atoms with van der Waals surface area (Å²) in [7, 11) is 1.51. The van der Waals surface area contributed by atoms with E-state index in [1.54, 1.807) is 12.3 Å². The number of nitrogens with zero attached hydrogens (tertiary/aromatic N) is 2. The number of methoxy groups -OCH3 is 1. The second kappa shape index (κ2) is 2.90. The van der Waals surface area contributed by atoms with Gasteiger partial charge in [0.2, 0.25) is 0 Å². The third kappa shape index (κ3) is 1.26. The Morgan fingerprint density at radius 3 is 3.00 bits per heavy atom. The number of hydrogen-bond acceptors (Lipinski definition) is 4. The van der Waals surface area contributed by atoms with E-state index in [4.69, 9.17) is 4.74 Å². The molecule has 2 aromatic rings. The summed E-state index contributed by atoms with van der Waals surface area (Å²) in [6.45, 7) is 0. The molecule has 4 heteroatoms. The highest BCUT2D eigenvalue weighted by molar-refractivity contribution is 5.81. The number of fused-ring (bicyclic) bond motifs is 1. The Balaban J connectivity index is 2.74. The Labute approximate surface area is 74.8 Å². The second-order valence-corrected chi connectivity index (χ2v) is 2.61. The maximum atomic E-state index is 9.42. The molecule has 0 amide bonds. The van der Waals surface area contributed by atoms with Gasteiger partial charge in [-0.1, -0.05) is 0 Å². The van der Waals surface area contributed by atoms with Crippen LogP contribution < -0.4 is 4.74 Å². The third-order valence-electron chi connectivity index (χ3n) is 1.81. The smallest absolute Gasteiger partial charge is 0.161 e. The number of aromatic hydroxyl groups is 1. The van der Waals surface area contributed by atoms with Crippen molar-refractivity contribution in [3.63, 3.8) is 0 Å². The van der Waals surface area contributed by atoms with Crippen molar-refractivity contribution in [2.24, 2.45) is 0 Å². The van der Waals surface area contributed by atoms with Gasteiger partial charge in [-0.2, -0.15) is 10.2 Å². The topological polar surface area (TPSA) is 55.2 Å². The van der Waals surface area contributed by atoms with Crippen molar-refractivity contribution < 1.29 is 9.84 Å². The molecule has 0 atom stereocenters. The maximum absolute atomic E-state index is 9.42. The molecule has 1 aromatic heterocycles. The highest BCUT2D eigenvalue weighted by Crippen LogP contribution is 2.29. The lowest BCUT2D eigenvalue weighted by atomic mass is 10.2. The Hall–Kier alpha value is -1.84. The fourth-order valence-electron chi connectivity index (χ4n) is 1.17. The van der Waals surface area contributed by atoms with Crippen LogP contribution in [0.1, 0.15) is 0 Å². The highest BCUT2D eigenvalue weighted by atomic mass is 16.5. The van der Waals surface area contributed by atoms with Gasteiger partial charge in [0.05, 0.1) is 18.8 Å². The van der Waals surface area contributed by atoms with Crippen LogP contribution in [0.15, 0.2) is 24.4 Å². The summed E-state index contributed by atoms with van der Waals surface area (Å²) in [6.07, 6.45) is 1.60. The molecule has 0 aliphatic rings. The molecule has 1 N–H and O–H groups in total. The summed E-state index contributed by atoms with van der Waals surface area (Å²) in [6, 6.07) is 5.06. The largest absolute Gasteiger partial charge is 0.504 e. The fourth-order valence-corrected chi connectivity index (χ4v) is 1.17. The molecule has 0 saturated carbocycles. The van der Waals surface area contributed by atoms with Gasteiger partial charge in [0.1, 0.15) is 0 Å². The van der Waals surface area contributed by atoms with Gasteiger partial charge in [0.25, 0.3) is 0 Å². The molecule has 0 aliphatic heterocycles. The summed E-state index contributed by atoms with van der Waals surface area (Å²) in [5, 5.41) is 17.9. The Morgan fingerprint density at radius 2 is 2.23 bits per heavy atom. The van der Waals surface area contributed by atoms with Crippen LogP contribution in [0.25, 0.3) is 10.9 Å². The molecule has 0 bridgehead atoms. The molecule has 2 rings (SSSR count). The lowest BCUT2D eigenvalue weighted by Gasteiger charge is -2.03. The summed E-state index contributed by atoms with van der Waals surface area (Å²) < 4.78 is 4.95. The van der Waals surface area contributed by atoms with E-state index in [0.717, 1.165) is 5.39 Å². The molecule has 66 valence electrons. The van der Waals surface area contributed by atoms with E-state index in [0.29, 0.717) is 11.3 Å². The Morgan fingerprint density at radius 1 is 1.38 bits per heavy atom. The second-order valence-electron chi connectivity index (χ2n) is 2.61. The van der Waals surface area contributed by atoms with Gasteiger partial charge in [-0.25, -0.2) is 0 Å². The van der Waals surface area contributed by atoms with Gasteiger partial charge in [-0.05, 0) is 12.1 Å². The predicted molar refractivity (Wildman–Crippen MR) is 47.8 cm³/mol. The first-order chi connectivity index (χ1) is 6.31. The van der Waals surface area contributed by atoms with Crippen molar-refractivity contribution in [2.75, 3.05) is 7.11 Å². The number of phenols is 1. The van der Waals surface area contributed by atoms with E-state index in [9.17, 15) is 5.11 Å². The van der Waals surface area contributed by atoms with Crippen LogP contribution in [0.4, 0.5) is 0 Å². The number of rotatable bonds is 1. The number of phenolic OH excluding ortho intramolecular Hbond substituents is 1. The minimum Gasteiger partial charge on any atom is -0.504 e. The van der Waals surface area contributed by atoms with Gasteiger partial charge in [-0.15, -0.1) is 0 Å². The molecular formula is C9H8N2O2. The maximum Gasteiger partial charge on any atom is 0.161 e. The van der Waals surface area contributed by atoms with E-state index in [2.05, 4.69) is 10.2 Å². The van der Waals surface area contributed by atoms with Crippen LogP contribution in [0, 0.1) is 0 Å². The monoisotopic (exact) mass is 176 g/mol. The molecule has 4 nitrogen and oxygen atoms in total. The van der Waals surface area contributed by atoms with Crippen molar-refractivity contribution in [2.45, 2.75) is 0 Å². The Kier molecular flexibility index (Phi) is 1.73. The third-order valence-corrected chi connectivity index (χ3v) is 1.81. The van der Waals surface area contributed by atoms with Gasteiger partial charge in [0, 0.05) is 11.5 Å². The first-order valence-electron chi connectivity index (χ1n) is 3.79. The zero-order chi connectivity index (χ0) is 9.26. The van der Waals surface area contributed by atoms with E-state index in [1.165, 1.54) is 13.2 Å². The highest BCUT2D eigenvalue weighted by Gasteiger charge is 2.03. The zero-order valence-electron chi connectivity index (χ0n) is 7.06. The molecule has 1 heterocycles. The van der Waals surface area contributed by atoms with Gasteiger partial charge in [-0.3, -0.25) is 0 Å². The minimum absolute atomic E-state index is 0.0792. The lowest BCUT2D eigenvalue weighted by molar-refractivity contribution is 0.374. The molecule has 1 aromatic carbocycles. The molecule has 0 aliphatic carbocycles. The lowest BCUT2D eigenvalue weighted by Crippen LogP contribution is -1.86. The summed E-state index contributed by atoms with van der Waals surface area (Å²) in [5.74, 6) is 0.524. The molecular weight excluding hydrogens is 168 g/mol. The molecule has 13 heavy (non-hydrogen) atoms. The SMILES string of the molecule is COc1cc2ccnnc2cc1O. The number of benzene rings is 1. The average molecular weight is 176 g/mol. The Bertz CT molecular complexity index is 443. The van der Waals surface area contributed by atoms with Crippen LogP contribution in [0.2, 0.25) is 0 Å². The standard InChI is InChI=1S/C9H8N2O2/c1-13-9-4-6-2-3-10-11-7(6)5-8(9)12/h2-5,12H,1H3. The van der Waals surface area contributed by atoms with E-state index < -0.39 is 0 Å². The van der Waals surface area contributed by atoms with Crippen LogP contribution in [0.3, 0.4) is 0 Å².